The van der Waals surface area contributed by atoms with E-state index in [1.165, 1.54) is 58.5 Å². The standard InChI is InChI=1S/C8H16N2.C6H14N2.2C2H6/c1-2-5-10-6-4-9-7-8(10)3-1;1-6-5-8(2)4-3-7-6;2*1-2/h8-9H,1-7H2;6-7H,3-5H2,1-2H3;2*1-2H3. The second-order valence-electron chi connectivity index (χ2n) is 6.01. The van der Waals surface area contributed by atoms with E-state index < -0.39 is 0 Å². The van der Waals surface area contributed by atoms with E-state index in [0.717, 1.165) is 12.6 Å². The minimum atomic E-state index is 0.689. The van der Waals surface area contributed by atoms with Crippen LogP contribution in [0.25, 0.3) is 0 Å². The van der Waals surface area contributed by atoms with Gasteiger partial charge in [0.2, 0.25) is 0 Å². The van der Waals surface area contributed by atoms with Gasteiger partial charge in [-0.1, -0.05) is 34.1 Å². The molecule has 3 aliphatic rings. The normalized spacial score (nSPS) is 28.6. The lowest BCUT2D eigenvalue weighted by Crippen LogP contribution is -2.53. The van der Waals surface area contributed by atoms with Crippen LogP contribution in [0.3, 0.4) is 0 Å². The van der Waals surface area contributed by atoms with Crippen molar-refractivity contribution in [2.24, 2.45) is 0 Å². The highest BCUT2D eigenvalue weighted by atomic mass is 15.2. The minimum absolute atomic E-state index is 0.689. The van der Waals surface area contributed by atoms with Crippen molar-refractivity contribution in [3.63, 3.8) is 0 Å². The minimum Gasteiger partial charge on any atom is -0.314 e. The van der Waals surface area contributed by atoms with Crippen LogP contribution in [0, 0.1) is 0 Å². The van der Waals surface area contributed by atoms with Gasteiger partial charge in [0, 0.05) is 51.4 Å². The van der Waals surface area contributed by atoms with Crippen molar-refractivity contribution in [3.8, 4) is 0 Å². The number of likely N-dealkylation sites (N-methyl/N-ethyl adjacent to an activating group) is 1. The highest BCUT2D eigenvalue weighted by molar-refractivity contribution is 4.82. The highest BCUT2D eigenvalue weighted by Gasteiger charge is 2.23. The van der Waals surface area contributed by atoms with E-state index >= 15 is 0 Å². The van der Waals surface area contributed by atoms with Crippen molar-refractivity contribution in [1.29, 1.82) is 0 Å². The average molecular weight is 315 g/mol. The van der Waals surface area contributed by atoms with Gasteiger partial charge in [-0.25, -0.2) is 0 Å². The number of nitrogens with one attached hydrogen (secondary N) is 2. The van der Waals surface area contributed by atoms with Crippen LogP contribution < -0.4 is 10.6 Å². The summed E-state index contributed by atoms with van der Waals surface area (Å²) in [5.41, 5.74) is 0. The zero-order valence-corrected chi connectivity index (χ0v) is 16.1. The first kappa shape index (κ1) is 21.8. The fraction of sp³-hybridized carbons (Fsp3) is 1.00. The predicted molar refractivity (Wildman–Crippen MR) is 99.7 cm³/mol. The molecule has 4 heteroatoms. The van der Waals surface area contributed by atoms with Crippen LogP contribution in [0.2, 0.25) is 0 Å². The average Bonchev–Trinajstić information content (AvgIpc) is 2.59. The number of rotatable bonds is 0. The molecule has 3 heterocycles. The number of piperazine rings is 2. The van der Waals surface area contributed by atoms with E-state index in [2.05, 4.69) is 34.4 Å². The van der Waals surface area contributed by atoms with Crippen LogP contribution in [0.4, 0.5) is 0 Å². The molecule has 2 unspecified atom stereocenters. The molecule has 2 atom stereocenters. The third kappa shape index (κ3) is 9.09. The van der Waals surface area contributed by atoms with Gasteiger partial charge in [-0.15, -0.1) is 0 Å². The van der Waals surface area contributed by atoms with Gasteiger partial charge in [0.25, 0.3) is 0 Å². The largest absolute Gasteiger partial charge is 0.314 e. The molecule has 0 bridgehead atoms. The van der Waals surface area contributed by atoms with Crippen LogP contribution in [0.5, 0.6) is 0 Å². The topological polar surface area (TPSA) is 30.5 Å². The molecule has 4 nitrogen and oxygen atoms in total. The molecule has 3 rings (SSSR count). The SMILES string of the molecule is C1CCN2CCNCC2C1.CC.CC.CC1CN(C)CCN1. The molecule has 0 aromatic carbocycles. The first-order chi connectivity index (χ1) is 10.8. The quantitative estimate of drug-likeness (QED) is 0.719. The van der Waals surface area contributed by atoms with Gasteiger partial charge < -0.3 is 15.5 Å². The van der Waals surface area contributed by atoms with Crippen LogP contribution in [-0.4, -0.2) is 74.7 Å². The molecular weight excluding hydrogens is 272 g/mol. The third-order valence-corrected chi connectivity index (χ3v) is 4.28. The van der Waals surface area contributed by atoms with Crippen LogP contribution >= 0.6 is 0 Å². The monoisotopic (exact) mass is 314 g/mol. The van der Waals surface area contributed by atoms with Gasteiger partial charge >= 0.3 is 0 Å². The first-order valence-corrected chi connectivity index (χ1v) is 9.62. The summed E-state index contributed by atoms with van der Waals surface area (Å²) in [5, 5.41) is 6.81. The van der Waals surface area contributed by atoms with Crippen molar-refractivity contribution in [3.05, 3.63) is 0 Å². The summed E-state index contributed by atoms with van der Waals surface area (Å²) in [5.74, 6) is 0. The number of piperidine rings is 1. The molecular formula is C18H42N4. The number of fused-ring (bicyclic) bond motifs is 1. The van der Waals surface area contributed by atoms with Gasteiger partial charge in [-0.2, -0.15) is 0 Å². The van der Waals surface area contributed by atoms with E-state index in [4.69, 9.17) is 0 Å². The lowest BCUT2D eigenvalue weighted by Gasteiger charge is -2.39. The molecule has 0 aromatic rings. The zero-order chi connectivity index (χ0) is 16.8. The van der Waals surface area contributed by atoms with Crippen LogP contribution in [0.15, 0.2) is 0 Å². The van der Waals surface area contributed by atoms with E-state index in [1.807, 2.05) is 27.7 Å². The molecule has 0 radical (unpaired) electrons. The molecule has 3 saturated heterocycles. The van der Waals surface area contributed by atoms with Gasteiger partial charge in [-0.3, -0.25) is 4.90 Å². The Balaban J connectivity index is 0.000000333. The molecule has 3 aliphatic heterocycles. The summed E-state index contributed by atoms with van der Waals surface area (Å²) in [4.78, 5) is 4.99. The maximum atomic E-state index is 3.44. The van der Waals surface area contributed by atoms with E-state index in [-0.39, 0.29) is 0 Å². The summed E-state index contributed by atoms with van der Waals surface area (Å²) in [7, 11) is 2.16. The lowest BCUT2D eigenvalue weighted by molar-refractivity contribution is 0.121. The fourth-order valence-corrected chi connectivity index (χ4v) is 3.20. The molecule has 134 valence electrons. The maximum Gasteiger partial charge on any atom is 0.0221 e. The Kier molecular flexibility index (Phi) is 14.3. The summed E-state index contributed by atoms with van der Waals surface area (Å²) in [6.07, 6.45) is 4.30. The van der Waals surface area contributed by atoms with E-state index in [0.29, 0.717) is 6.04 Å². The fourth-order valence-electron chi connectivity index (χ4n) is 3.20. The Morgan fingerprint density at radius 1 is 0.909 bits per heavy atom. The summed E-state index contributed by atoms with van der Waals surface area (Å²) >= 11 is 0. The van der Waals surface area contributed by atoms with Crippen LogP contribution in [0.1, 0.15) is 53.9 Å². The van der Waals surface area contributed by atoms with Crippen molar-refractivity contribution in [2.75, 3.05) is 52.9 Å². The number of nitrogens with zero attached hydrogens (tertiary/aromatic N) is 2. The maximum absolute atomic E-state index is 3.44. The second kappa shape index (κ2) is 14.4. The Morgan fingerprint density at radius 2 is 1.64 bits per heavy atom. The van der Waals surface area contributed by atoms with Crippen LogP contribution in [-0.2, 0) is 0 Å². The molecule has 0 amide bonds. The Morgan fingerprint density at radius 3 is 2.18 bits per heavy atom. The van der Waals surface area contributed by atoms with Crippen molar-refractivity contribution in [1.82, 2.24) is 20.4 Å². The Labute approximate surface area is 140 Å². The summed E-state index contributed by atoms with van der Waals surface area (Å²) < 4.78 is 0. The molecule has 3 fully saturated rings. The van der Waals surface area contributed by atoms with Gasteiger partial charge in [-0.05, 0) is 33.4 Å². The third-order valence-electron chi connectivity index (χ3n) is 4.28. The molecule has 0 saturated carbocycles. The highest BCUT2D eigenvalue weighted by Crippen LogP contribution is 2.17. The molecule has 2 N–H and O–H groups in total. The molecule has 0 aliphatic carbocycles. The number of hydrogen-bond acceptors (Lipinski definition) is 4. The van der Waals surface area contributed by atoms with Crippen molar-refractivity contribution >= 4 is 0 Å². The van der Waals surface area contributed by atoms with Crippen molar-refractivity contribution in [2.45, 2.75) is 66.0 Å². The second-order valence-corrected chi connectivity index (χ2v) is 6.01. The van der Waals surface area contributed by atoms with E-state index in [9.17, 15) is 0 Å². The Bertz CT molecular complexity index is 201. The Hall–Kier alpha value is -0.160. The number of hydrogen-bond donors (Lipinski definition) is 2. The molecule has 0 spiro atoms. The molecule has 22 heavy (non-hydrogen) atoms. The summed E-state index contributed by atoms with van der Waals surface area (Å²) in [6, 6.07) is 1.57. The predicted octanol–water partition coefficient (Wildman–Crippen LogP) is 2.41. The first-order valence-electron chi connectivity index (χ1n) is 9.62. The van der Waals surface area contributed by atoms with Gasteiger partial charge in [0.1, 0.15) is 0 Å². The lowest BCUT2D eigenvalue weighted by atomic mass is 10.0. The smallest absolute Gasteiger partial charge is 0.0221 e. The van der Waals surface area contributed by atoms with Gasteiger partial charge in [0.15, 0.2) is 0 Å². The summed E-state index contributed by atoms with van der Waals surface area (Å²) in [6.45, 7) is 18.8. The zero-order valence-electron chi connectivity index (χ0n) is 16.1. The van der Waals surface area contributed by atoms with Crippen molar-refractivity contribution < 1.29 is 0 Å². The molecule has 0 aromatic heterocycles. The van der Waals surface area contributed by atoms with Gasteiger partial charge in [0.05, 0.1) is 0 Å². The van der Waals surface area contributed by atoms with E-state index in [1.54, 1.807) is 0 Å².